The van der Waals surface area contributed by atoms with Crippen LogP contribution in [0.25, 0.3) is 0 Å². The molecule has 0 saturated heterocycles. The summed E-state index contributed by atoms with van der Waals surface area (Å²) in [4.78, 5) is 11.5. The van der Waals surface area contributed by atoms with Gasteiger partial charge in [-0.1, -0.05) is 12.1 Å². The number of aliphatic hydroxyl groups excluding tert-OH is 1. The van der Waals surface area contributed by atoms with Gasteiger partial charge in [0.25, 0.3) is 5.91 Å². The van der Waals surface area contributed by atoms with Gasteiger partial charge in [-0.15, -0.1) is 12.4 Å². The number of phenols is 1. The second-order valence-electron chi connectivity index (χ2n) is 7.88. The molecule has 0 spiro atoms. The molecule has 0 radical (unpaired) electrons. The molecule has 0 aliphatic carbocycles. The zero-order chi connectivity index (χ0) is 21.0. The van der Waals surface area contributed by atoms with Gasteiger partial charge in [0.2, 0.25) is 0 Å². The molecule has 1 heterocycles. The Bertz CT molecular complexity index is 888. The van der Waals surface area contributed by atoms with Crippen LogP contribution in [0, 0.1) is 0 Å². The second-order valence-corrected chi connectivity index (χ2v) is 7.88. The molecule has 8 heteroatoms. The normalized spacial score (nSPS) is 14.1. The third kappa shape index (κ3) is 6.01. The zero-order valence-corrected chi connectivity index (χ0v) is 18.2. The number of nitrogens with one attached hydrogen (secondary N) is 2. The molecule has 0 aromatic heterocycles. The van der Waals surface area contributed by atoms with Crippen LogP contribution in [0.4, 0.5) is 5.69 Å². The van der Waals surface area contributed by atoms with Crippen LogP contribution in [-0.2, 0) is 11.2 Å². The SMILES string of the molecule is COc1cccc(CCC(C)(C)NC[C@H](O)c2cc(O)cc3c2OCC(=O)N3)c1.Cl. The van der Waals surface area contributed by atoms with Crippen LogP contribution in [0.3, 0.4) is 0 Å². The molecule has 4 N–H and O–H groups in total. The Labute approximate surface area is 182 Å². The van der Waals surface area contributed by atoms with Gasteiger partial charge in [0, 0.05) is 23.7 Å². The molecule has 1 aliphatic heterocycles. The van der Waals surface area contributed by atoms with Crippen LogP contribution >= 0.6 is 12.4 Å². The first-order valence-electron chi connectivity index (χ1n) is 9.63. The first-order valence-corrected chi connectivity index (χ1v) is 9.63. The van der Waals surface area contributed by atoms with Gasteiger partial charge in [-0.2, -0.15) is 0 Å². The van der Waals surface area contributed by atoms with E-state index in [9.17, 15) is 15.0 Å². The Morgan fingerprint density at radius 3 is 2.80 bits per heavy atom. The summed E-state index contributed by atoms with van der Waals surface area (Å²) in [6.07, 6.45) is 0.823. The molecule has 2 aromatic rings. The molecule has 1 aliphatic rings. The molecule has 0 saturated carbocycles. The number of carbonyl (C=O) groups excluding carboxylic acids is 1. The quantitative estimate of drug-likeness (QED) is 0.507. The van der Waals surface area contributed by atoms with Crippen molar-refractivity contribution in [2.24, 2.45) is 0 Å². The van der Waals surface area contributed by atoms with E-state index in [-0.39, 0.29) is 42.8 Å². The van der Waals surface area contributed by atoms with Crippen molar-refractivity contribution in [3.05, 3.63) is 47.5 Å². The van der Waals surface area contributed by atoms with E-state index in [1.807, 2.05) is 18.2 Å². The lowest BCUT2D eigenvalue weighted by Gasteiger charge is -2.29. The fourth-order valence-electron chi connectivity index (χ4n) is 3.32. The summed E-state index contributed by atoms with van der Waals surface area (Å²) < 4.78 is 10.7. The number of amides is 1. The Kier molecular flexibility index (Phi) is 7.95. The zero-order valence-electron chi connectivity index (χ0n) is 17.4. The smallest absolute Gasteiger partial charge is 0.262 e. The van der Waals surface area contributed by atoms with Crippen LogP contribution in [0.15, 0.2) is 36.4 Å². The Hall–Kier alpha value is -2.48. The number of phenolic OH excluding ortho intramolecular Hbond substituents is 1. The first-order chi connectivity index (χ1) is 13.8. The van der Waals surface area contributed by atoms with Crippen LogP contribution in [0.5, 0.6) is 17.2 Å². The summed E-state index contributed by atoms with van der Waals surface area (Å²) >= 11 is 0. The minimum absolute atomic E-state index is 0. The van der Waals surface area contributed by atoms with Gasteiger partial charge in [-0.3, -0.25) is 4.79 Å². The number of ether oxygens (including phenoxy) is 2. The molecule has 0 bridgehead atoms. The molecule has 3 rings (SSSR count). The molecule has 0 fully saturated rings. The number of hydrogen-bond donors (Lipinski definition) is 4. The highest BCUT2D eigenvalue weighted by molar-refractivity contribution is 5.96. The number of fused-ring (bicyclic) bond motifs is 1. The molecular weight excluding hydrogens is 408 g/mol. The molecule has 2 aromatic carbocycles. The summed E-state index contributed by atoms with van der Waals surface area (Å²) in [5, 5.41) is 26.7. The monoisotopic (exact) mass is 436 g/mol. The maximum Gasteiger partial charge on any atom is 0.262 e. The molecule has 164 valence electrons. The van der Waals surface area contributed by atoms with Crippen LogP contribution in [0.2, 0.25) is 0 Å². The maximum absolute atomic E-state index is 11.5. The summed E-state index contributed by atoms with van der Waals surface area (Å²) in [5.74, 6) is 0.900. The van der Waals surface area contributed by atoms with Gasteiger partial charge < -0.3 is 30.3 Å². The van der Waals surface area contributed by atoms with Crippen molar-refractivity contribution in [2.75, 3.05) is 25.6 Å². The van der Waals surface area contributed by atoms with Gasteiger partial charge in [0.15, 0.2) is 6.61 Å². The summed E-state index contributed by atoms with van der Waals surface area (Å²) in [6, 6.07) is 10.9. The number of methoxy groups -OCH3 is 1. The molecule has 0 unspecified atom stereocenters. The lowest BCUT2D eigenvalue weighted by atomic mass is 9.94. The molecule has 30 heavy (non-hydrogen) atoms. The topological polar surface area (TPSA) is 100 Å². The summed E-state index contributed by atoms with van der Waals surface area (Å²) in [5.41, 5.74) is 1.77. The molecule has 1 amide bonds. The van der Waals surface area contributed by atoms with E-state index in [0.717, 1.165) is 18.6 Å². The van der Waals surface area contributed by atoms with Crippen LogP contribution in [-0.4, -0.2) is 41.9 Å². The number of carbonyl (C=O) groups is 1. The minimum atomic E-state index is -0.901. The van der Waals surface area contributed by atoms with E-state index in [4.69, 9.17) is 9.47 Å². The number of hydrogen-bond acceptors (Lipinski definition) is 6. The average Bonchev–Trinajstić information content (AvgIpc) is 2.70. The Morgan fingerprint density at radius 2 is 2.07 bits per heavy atom. The molecule has 7 nitrogen and oxygen atoms in total. The number of benzene rings is 2. The molecule has 1 atom stereocenters. The number of β-amino-alcohol motifs (C(OH)–C–C–N with tert-alkyl or cyclic N) is 1. The van der Waals surface area contributed by atoms with Crippen molar-refractivity contribution in [1.82, 2.24) is 5.32 Å². The van der Waals surface area contributed by atoms with Crippen molar-refractivity contribution in [1.29, 1.82) is 0 Å². The number of aromatic hydroxyl groups is 1. The summed E-state index contributed by atoms with van der Waals surface area (Å²) in [6.45, 7) is 4.32. The van der Waals surface area contributed by atoms with Crippen LogP contribution in [0.1, 0.15) is 37.5 Å². The highest BCUT2D eigenvalue weighted by atomic mass is 35.5. The third-order valence-electron chi connectivity index (χ3n) is 5.03. The lowest BCUT2D eigenvalue weighted by molar-refractivity contribution is -0.118. The minimum Gasteiger partial charge on any atom is -0.508 e. The Balaban J connectivity index is 0.00000320. The van der Waals surface area contributed by atoms with Gasteiger partial charge in [0.1, 0.15) is 17.2 Å². The number of halogens is 1. The highest BCUT2D eigenvalue weighted by Crippen LogP contribution is 2.38. The average molecular weight is 437 g/mol. The van der Waals surface area contributed by atoms with E-state index >= 15 is 0 Å². The predicted octanol–water partition coefficient (Wildman–Crippen LogP) is 3.19. The van der Waals surface area contributed by atoms with E-state index in [1.54, 1.807) is 7.11 Å². The first kappa shape index (κ1) is 23.8. The van der Waals surface area contributed by atoms with Crippen molar-refractivity contribution in [2.45, 2.75) is 38.3 Å². The van der Waals surface area contributed by atoms with Crippen molar-refractivity contribution < 1.29 is 24.5 Å². The third-order valence-corrected chi connectivity index (χ3v) is 5.03. The van der Waals surface area contributed by atoms with Gasteiger partial charge in [-0.25, -0.2) is 0 Å². The second kappa shape index (κ2) is 10.0. The maximum atomic E-state index is 11.5. The fourth-order valence-corrected chi connectivity index (χ4v) is 3.32. The fraction of sp³-hybridized carbons (Fsp3) is 0.409. The largest absolute Gasteiger partial charge is 0.508 e. The Morgan fingerprint density at radius 1 is 1.30 bits per heavy atom. The van der Waals surface area contributed by atoms with Gasteiger partial charge in [0.05, 0.1) is 18.9 Å². The lowest BCUT2D eigenvalue weighted by Crippen LogP contribution is -2.42. The van der Waals surface area contributed by atoms with E-state index < -0.39 is 6.10 Å². The van der Waals surface area contributed by atoms with Gasteiger partial charge >= 0.3 is 0 Å². The van der Waals surface area contributed by atoms with Crippen LogP contribution < -0.4 is 20.1 Å². The van der Waals surface area contributed by atoms with Crippen molar-refractivity contribution in [3.63, 3.8) is 0 Å². The summed E-state index contributed by atoms with van der Waals surface area (Å²) in [7, 11) is 1.65. The number of anilines is 1. The van der Waals surface area contributed by atoms with Crippen molar-refractivity contribution in [3.8, 4) is 17.2 Å². The van der Waals surface area contributed by atoms with Crippen molar-refractivity contribution >= 4 is 24.0 Å². The van der Waals surface area contributed by atoms with Gasteiger partial charge in [-0.05, 0) is 50.5 Å². The van der Waals surface area contributed by atoms with E-state index in [0.29, 0.717) is 17.0 Å². The standard InChI is InChI=1S/C22H28N2O5.ClH/c1-22(2,8-7-14-5-4-6-16(9-14)28-3)23-12-19(26)17-10-15(25)11-18-21(17)29-13-20(27)24-18;/h4-6,9-11,19,23,25-26H,7-8,12-13H2,1-3H3,(H,24,27);1H/t19-;/m0./s1. The van der Waals surface area contributed by atoms with E-state index in [2.05, 4.69) is 30.5 Å². The number of aryl methyl sites for hydroxylation is 1. The van der Waals surface area contributed by atoms with E-state index in [1.165, 1.54) is 17.7 Å². The molecular formula is C22H29ClN2O5. The number of aliphatic hydroxyl groups is 1. The predicted molar refractivity (Wildman–Crippen MR) is 118 cm³/mol. The number of rotatable bonds is 8. The highest BCUT2D eigenvalue weighted by Gasteiger charge is 2.26.